The van der Waals surface area contributed by atoms with E-state index in [1.54, 1.807) is 0 Å². The molecule has 32 heavy (non-hydrogen) atoms. The van der Waals surface area contributed by atoms with Gasteiger partial charge in [-0.1, -0.05) is 82.3 Å². The highest BCUT2D eigenvalue weighted by Crippen LogP contribution is 2.37. The summed E-state index contributed by atoms with van der Waals surface area (Å²) in [6.07, 6.45) is 4.24. The largest absolute Gasteiger partial charge is 0.292 e. The second-order valence-corrected chi connectivity index (χ2v) is 9.96. The Bertz CT molecular complexity index is 1410. The third kappa shape index (κ3) is 3.39. The lowest BCUT2D eigenvalue weighted by Crippen LogP contribution is -2.05. The lowest BCUT2D eigenvalue weighted by Gasteiger charge is -2.19. The van der Waals surface area contributed by atoms with Crippen molar-refractivity contribution in [1.82, 2.24) is 9.38 Å². The molecule has 0 saturated carbocycles. The quantitative estimate of drug-likeness (QED) is 0.263. The first kappa shape index (κ1) is 20.8. The third-order valence-corrected chi connectivity index (χ3v) is 6.44. The summed E-state index contributed by atoms with van der Waals surface area (Å²) in [5.74, 6) is 1.20. The van der Waals surface area contributed by atoms with Crippen LogP contribution in [-0.4, -0.2) is 9.38 Å². The summed E-state index contributed by atoms with van der Waals surface area (Å²) in [7, 11) is 0. The van der Waals surface area contributed by atoms with Crippen LogP contribution in [0.5, 0.6) is 0 Å². The fraction of sp³-hybridized carbons (Fsp3) is 0.300. The molecule has 0 aliphatic heterocycles. The third-order valence-electron chi connectivity index (χ3n) is 6.44. The Morgan fingerprint density at radius 2 is 1.38 bits per heavy atom. The molecule has 0 aliphatic rings. The van der Waals surface area contributed by atoms with Gasteiger partial charge in [0.2, 0.25) is 0 Å². The second-order valence-electron chi connectivity index (χ2n) is 9.96. The van der Waals surface area contributed by atoms with Crippen LogP contribution in [0.3, 0.4) is 0 Å². The Kier molecular flexibility index (Phi) is 5.25. The van der Waals surface area contributed by atoms with E-state index >= 15 is 0 Å². The van der Waals surface area contributed by atoms with Crippen molar-refractivity contribution in [2.75, 3.05) is 0 Å². The zero-order valence-corrected chi connectivity index (χ0v) is 19.8. The average molecular weight is 421 g/mol. The highest BCUT2D eigenvalue weighted by Gasteiger charge is 2.20. The first-order chi connectivity index (χ1) is 15.5. The molecule has 0 N–H and O–H groups in total. The van der Waals surface area contributed by atoms with E-state index in [-0.39, 0.29) is 0 Å². The summed E-state index contributed by atoms with van der Waals surface area (Å²) >= 11 is 0. The molecule has 0 bridgehead atoms. The molecule has 0 amide bonds. The number of nitrogens with zero attached hydrogens (tertiary/aromatic N) is 2. The van der Waals surface area contributed by atoms with Gasteiger partial charge in [0.15, 0.2) is 0 Å². The SMILES string of the molecule is Cc1cccc2c3ccccc3n3c(-c4c(CC(C)C)cccc4CC(C)C)cnc3c12. The fourth-order valence-corrected chi connectivity index (χ4v) is 5.24. The topological polar surface area (TPSA) is 17.3 Å². The summed E-state index contributed by atoms with van der Waals surface area (Å²) < 4.78 is 2.41. The summed E-state index contributed by atoms with van der Waals surface area (Å²) in [5, 5.41) is 3.82. The highest BCUT2D eigenvalue weighted by molar-refractivity contribution is 6.13. The van der Waals surface area contributed by atoms with E-state index in [1.807, 2.05) is 0 Å². The minimum Gasteiger partial charge on any atom is -0.292 e. The Hall–Kier alpha value is -3.13. The van der Waals surface area contributed by atoms with Gasteiger partial charge in [0.1, 0.15) is 5.65 Å². The molecule has 0 atom stereocenters. The smallest absolute Gasteiger partial charge is 0.145 e. The number of para-hydroxylation sites is 1. The zero-order valence-electron chi connectivity index (χ0n) is 19.8. The molecular formula is C30H32N2. The number of aryl methyl sites for hydroxylation is 1. The van der Waals surface area contributed by atoms with Crippen LogP contribution in [-0.2, 0) is 12.8 Å². The van der Waals surface area contributed by atoms with Gasteiger partial charge in [0.05, 0.1) is 17.4 Å². The second kappa shape index (κ2) is 8.09. The highest BCUT2D eigenvalue weighted by atomic mass is 15.0. The Labute approximate surface area is 190 Å². The zero-order chi connectivity index (χ0) is 22.4. The van der Waals surface area contributed by atoms with Crippen molar-refractivity contribution in [3.8, 4) is 11.3 Å². The van der Waals surface area contributed by atoms with E-state index in [0.29, 0.717) is 11.8 Å². The predicted molar refractivity (Wildman–Crippen MR) is 137 cm³/mol. The molecule has 0 unspecified atom stereocenters. The van der Waals surface area contributed by atoms with Gasteiger partial charge in [-0.3, -0.25) is 4.40 Å². The van der Waals surface area contributed by atoms with Crippen molar-refractivity contribution >= 4 is 27.3 Å². The van der Waals surface area contributed by atoms with E-state index in [1.165, 1.54) is 49.6 Å². The van der Waals surface area contributed by atoms with Gasteiger partial charge in [-0.15, -0.1) is 0 Å². The van der Waals surface area contributed by atoms with Crippen LogP contribution in [0.15, 0.2) is 66.9 Å². The molecule has 2 nitrogen and oxygen atoms in total. The van der Waals surface area contributed by atoms with Crippen molar-refractivity contribution in [3.63, 3.8) is 0 Å². The molecule has 5 aromatic rings. The molecule has 0 saturated heterocycles. The lowest BCUT2D eigenvalue weighted by molar-refractivity contribution is 0.637. The van der Waals surface area contributed by atoms with Crippen LogP contribution in [0.2, 0.25) is 0 Å². The molecule has 0 spiro atoms. The maximum absolute atomic E-state index is 5.04. The average Bonchev–Trinajstić information content (AvgIpc) is 3.18. The summed E-state index contributed by atoms with van der Waals surface area (Å²) in [6, 6.07) is 22.2. The van der Waals surface area contributed by atoms with Gasteiger partial charge >= 0.3 is 0 Å². The minimum absolute atomic E-state index is 0.599. The fourth-order valence-electron chi connectivity index (χ4n) is 5.24. The molecule has 5 rings (SSSR count). The molecule has 3 aromatic carbocycles. The number of hydrogen-bond donors (Lipinski definition) is 0. The molecule has 2 heteroatoms. The summed E-state index contributed by atoms with van der Waals surface area (Å²) in [5.41, 5.74) is 8.99. The van der Waals surface area contributed by atoms with E-state index in [0.717, 1.165) is 18.5 Å². The van der Waals surface area contributed by atoms with Gasteiger partial charge in [-0.25, -0.2) is 4.98 Å². The number of imidazole rings is 1. The Balaban J connectivity index is 1.94. The maximum atomic E-state index is 5.04. The number of rotatable bonds is 5. The molecule has 0 aliphatic carbocycles. The molecule has 2 aromatic heterocycles. The Morgan fingerprint density at radius 3 is 2.06 bits per heavy atom. The number of fused-ring (bicyclic) bond motifs is 6. The first-order valence-corrected chi connectivity index (χ1v) is 11.8. The molecule has 2 heterocycles. The summed E-state index contributed by atoms with van der Waals surface area (Å²) in [6.45, 7) is 11.4. The van der Waals surface area contributed by atoms with Gasteiger partial charge in [0, 0.05) is 16.3 Å². The number of aromatic nitrogens is 2. The monoisotopic (exact) mass is 420 g/mol. The van der Waals surface area contributed by atoms with E-state index in [9.17, 15) is 0 Å². The number of pyridine rings is 1. The molecular weight excluding hydrogens is 388 g/mol. The standard InChI is InChI=1S/C30H32N2/c1-19(2)16-22-11-9-12-23(17-20(3)4)29(22)27-18-31-30-28-21(5)10-8-14-25(28)24-13-6-7-15-26(24)32(27)30/h6-15,18-20H,16-17H2,1-5H3. The van der Waals surface area contributed by atoms with Crippen molar-refractivity contribution in [2.45, 2.75) is 47.5 Å². The van der Waals surface area contributed by atoms with Crippen molar-refractivity contribution in [1.29, 1.82) is 0 Å². The van der Waals surface area contributed by atoms with Gasteiger partial charge in [-0.05, 0) is 59.7 Å². The van der Waals surface area contributed by atoms with Crippen LogP contribution in [0.1, 0.15) is 44.4 Å². The number of benzene rings is 3. The predicted octanol–water partition coefficient (Wildman–Crippen LogP) is 8.01. The van der Waals surface area contributed by atoms with Gasteiger partial charge in [-0.2, -0.15) is 0 Å². The van der Waals surface area contributed by atoms with Crippen molar-refractivity contribution in [2.24, 2.45) is 11.8 Å². The lowest BCUT2D eigenvalue weighted by atomic mass is 9.89. The molecule has 0 radical (unpaired) electrons. The van der Waals surface area contributed by atoms with Crippen LogP contribution >= 0.6 is 0 Å². The normalized spacial score (nSPS) is 12.1. The number of hydrogen-bond acceptors (Lipinski definition) is 1. The van der Waals surface area contributed by atoms with E-state index in [2.05, 4.69) is 106 Å². The minimum atomic E-state index is 0.599. The Morgan fingerprint density at radius 1 is 0.750 bits per heavy atom. The van der Waals surface area contributed by atoms with Gasteiger partial charge in [0.25, 0.3) is 0 Å². The van der Waals surface area contributed by atoms with Crippen molar-refractivity contribution in [3.05, 3.63) is 83.6 Å². The van der Waals surface area contributed by atoms with Crippen LogP contribution < -0.4 is 0 Å². The first-order valence-electron chi connectivity index (χ1n) is 11.8. The van der Waals surface area contributed by atoms with E-state index < -0.39 is 0 Å². The molecule has 0 fully saturated rings. The molecule has 162 valence electrons. The van der Waals surface area contributed by atoms with Crippen LogP contribution in [0.25, 0.3) is 38.6 Å². The van der Waals surface area contributed by atoms with Crippen LogP contribution in [0, 0.1) is 18.8 Å². The van der Waals surface area contributed by atoms with Crippen molar-refractivity contribution < 1.29 is 0 Å². The summed E-state index contributed by atoms with van der Waals surface area (Å²) in [4.78, 5) is 5.04. The maximum Gasteiger partial charge on any atom is 0.145 e. The van der Waals surface area contributed by atoms with Gasteiger partial charge < -0.3 is 0 Å². The van der Waals surface area contributed by atoms with Crippen LogP contribution in [0.4, 0.5) is 0 Å². The van der Waals surface area contributed by atoms with E-state index in [4.69, 9.17) is 4.98 Å².